The number of nitrogens with one attached hydrogen (secondary N) is 1. The fourth-order valence-corrected chi connectivity index (χ4v) is 6.45. The highest BCUT2D eigenvalue weighted by atomic mass is 16.5. The molecule has 1 unspecified atom stereocenters. The van der Waals surface area contributed by atoms with Gasteiger partial charge >= 0.3 is 0 Å². The van der Waals surface area contributed by atoms with Gasteiger partial charge in [-0.2, -0.15) is 0 Å². The summed E-state index contributed by atoms with van der Waals surface area (Å²) in [5, 5.41) is 3.65. The van der Waals surface area contributed by atoms with Crippen molar-refractivity contribution in [3.05, 3.63) is 59.4 Å². The Morgan fingerprint density at radius 3 is 2.55 bits per heavy atom. The van der Waals surface area contributed by atoms with Crippen LogP contribution in [0.3, 0.4) is 0 Å². The van der Waals surface area contributed by atoms with Gasteiger partial charge in [0, 0.05) is 67.9 Å². The minimum atomic E-state index is -0.172. The summed E-state index contributed by atoms with van der Waals surface area (Å²) in [6.07, 6.45) is 2.00. The maximum atomic E-state index is 14.0. The number of aromatic nitrogens is 1. The molecule has 5 rings (SSSR count). The van der Waals surface area contributed by atoms with Crippen LogP contribution in [-0.4, -0.2) is 90.8 Å². The Bertz CT molecular complexity index is 1110. The van der Waals surface area contributed by atoms with Crippen molar-refractivity contribution in [3.63, 3.8) is 0 Å². The highest BCUT2D eigenvalue weighted by molar-refractivity contribution is 5.97. The van der Waals surface area contributed by atoms with Gasteiger partial charge in [0.15, 0.2) is 0 Å². The number of rotatable bonds is 6. The van der Waals surface area contributed by atoms with Crippen molar-refractivity contribution in [2.24, 2.45) is 0 Å². The van der Waals surface area contributed by atoms with Gasteiger partial charge in [-0.1, -0.05) is 51.1 Å². The summed E-state index contributed by atoms with van der Waals surface area (Å²) < 4.78 is 5.76. The molecule has 0 spiro atoms. The van der Waals surface area contributed by atoms with Gasteiger partial charge in [-0.3, -0.25) is 19.6 Å². The van der Waals surface area contributed by atoms with Crippen LogP contribution in [0.4, 0.5) is 5.69 Å². The third kappa shape index (κ3) is 5.53. The molecule has 3 aliphatic rings. The molecule has 1 amide bonds. The van der Waals surface area contributed by atoms with Gasteiger partial charge in [-0.15, -0.1) is 0 Å². The van der Waals surface area contributed by atoms with Crippen LogP contribution in [-0.2, 0) is 14.9 Å². The highest BCUT2D eigenvalue weighted by Gasteiger charge is 2.41. The summed E-state index contributed by atoms with van der Waals surface area (Å²) in [6, 6.07) is 14.2. The van der Waals surface area contributed by atoms with Crippen LogP contribution in [0.15, 0.2) is 42.6 Å². The smallest absolute Gasteiger partial charge is 0.241 e. The molecular formula is C31H45N5O2. The largest absolute Gasteiger partial charge is 0.378 e. The number of anilines is 1. The predicted molar refractivity (Wildman–Crippen MR) is 153 cm³/mol. The Hall–Kier alpha value is -2.32. The summed E-state index contributed by atoms with van der Waals surface area (Å²) in [4.78, 5) is 25.9. The fourth-order valence-electron chi connectivity index (χ4n) is 6.45. The Labute approximate surface area is 228 Å². The minimum Gasteiger partial charge on any atom is -0.378 e. The monoisotopic (exact) mass is 519 g/mol. The van der Waals surface area contributed by atoms with E-state index < -0.39 is 0 Å². The van der Waals surface area contributed by atoms with Gasteiger partial charge in [-0.05, 0) is 38.0 Å². The molecule has 0 bridgehead atoms. The number of nitrogens with zero attached hydrogens (tertiary/aromatic N) is 4. The highest BCUT2D eigenvalue weighted by Crippen LogP contribution is 2.41. The molecule has 7 nitrogen and oxygen atoms in total. The number of amides is 1. The number of hydrogen-bond donors (Lipinski definition) is 1. The molecule has 1 N–H and O–H groups in total. The SMILES string of the molecule is CC(c1ccccc1)c1cnc2c(c1)N(C(=O)CN1C[C@@H](C)NC[C@@H]1CN1[C@H](C)COC[C@H]1C)CC2(C)C. The van der Waals surface area contributed by atoms with E-state index in [1.807, 2.05) is 17.2 Å². The molecule has 2 fully saturated rings. The zero-order chi connectivity index (χ0) is 27.0. The first-order valence-corrected chi connectivity index (χ1v) is 14.3. The van der Waals surface area contributed by atoms with Gasteiger partial charge in [0.05, 0.1) is 31.1 Å². The van der Waals surface area contributed by atoms with Crippen molar-refractivity contribution < 1.29 is 9.53 Å². The van der Waals surface area contributed by atoms with E-state index in [1.165, 1.54) is 5.56 Å². The van der Waals surface area contributed by atoms with Crippen LogP contribution in [0.5, 0.6) is 0 Å². The maximum Gasteiger partial charge on any atom is 0.241 e. The van der Waals surface area contributed by atoms with Crippen molar-refractivity contribution in [2.45, 2.75) is 77.0 Å². The zero-order valence-corrected chi connectivity index (χ0v) is 24.0. The molecule has 2 saturated heterocycles. The molecule has 3 aliphatic heterocycles. The van der Waals surface area contributed by atoms with E-state index in [1.54, 1.807) is 0 Å². The minimum absolute atomic E-state index is 0.172. The lowest BCUT2D eigenvalue weighted by atomic mass is 9.89. The van der Waals surface area contributed by atoms with Crippen LogP contribution < -0.4 is 10.2 Å². The fraction of sp³-hybridized carbons (Fsp3) is 0.613. The van der Waals surface area contributed by atoms with E-state index in [2.05, 4.69) is 87.0 Å². The summed E-state index contributed by atoms with van der Waals surface area (Å²) in [5.74, 6) is 0.385. The van der Waals surface area contributed by atoms with Crippen LogP contribution in [0.25, 0.3) is 0 Å². The third-order valence-electron chi connectivity index (χ3n) is 8.81. The van der Waals surface area contributed by atoms with Crippen molar-refractivity contribution in [2.75, 3.05) is 50.8 Å². The lowest BCUT2D eigenvalue weighted by molar-refractivity contribution is -0.121. The molecule has 5 atom stereocenters. The number of pyridine rings is 1. The molecule has 206 valence electrons. The van der Waals surface area contributed by atoms with Gasteiger partial charge in [-0.25, -0.2) is 0 Å². The van der Waals surface area contributed by atoms with Gasteiger partial charge in [0.25, 0.3) is 0 Å². The first-order valence-electron chi connectivity index (χ1n) is 14.3. The molecule has 0 saturated carbocycles. The number of fused-ring (bicyclic) bond motifs is 1. The van der Waals surface area contributed by atoms with Crippen molar-refractivity contribution in [3.8, 4) is 0 Å². The molecule has 0 aliphatic carbocycles. The molecule has 7 heteroatoms. The summed E-state index contributed by atoms with van der Waals surface area (Å²) in [6.45, 7) is 18.7. The van der Waals surface area contributed by atoms with E-state index >= 15 is 0 Å². The average molecular weight is 520 g/mol. The summed E-state index contributed by atoms with van der Waals surface area (Å²) in [7, 11) is 0. The summed E-state index contributed by atoms with van der Waals surface area (Å²) in [5.41, 5.74) is 4.24. The van der Waals surface area contributed by atoms with E-state index in [4.69, 9.17) is 9.72 Å². The Morgan fingerprint density at radius 2 is 1.84 bits per heavy atom. The lowest BCUT2D eigenvalue weighted by Gasteiger charge is -2.46. The molecule has 38 heavy (non-hydrogen) atoms. The van der Waals surface area contributed by atoms with E-state index in [-0.39, 0.29) is 23.3 Å². The van der Waals surface area contributed by atoms with Gasteiger partial charge < -0.3 is 15.0 Å². The number of benzene rings is 1. The average Bonchev–Trinajstić information content (AvgIpc) is 3.17. The number of piperazine rings is 1. The van der Waals surface area contributed by atoms with Crippen LogP contribution >= 0.6 is 0 Å². The number of ether oxygens (including phenoxy) is 1. The number of morpholine rings is 1. The first-order chi connectivity index (χ1) is 18.1. The zero-order valence-electron chi connectivity index (χ0n) is 24.0. The molecule has 4 heterocycles. The second-order valence-corrected chi connectivity index (χ2v) is 12.5. The van der Waals surface area contributed by atoms with Crippen molar-refractivity contribution in [1.29, 1.82) is 0 Å². The number of carbonyl (C=O) groups excluding carboxylic acids is 1. The van der Waals surface area contributed by atoms with E-state index in [0.29, 0.717) is 31.2 Å². The summed E-state index contributed by atoms with van der Waals surface area (Å²) >= 11 is 0. The first kappa shape index (κ1) is 27.3. The lowest BCUT2D eigenvalue weighted by Crippen LogP contribution is -2.63. The van der Waals surface area contributed by atoms with Gasteiger partial charge in [0.2, 0.25) is 5.91 Å². The standard InChI is InChI=1S/C31H45N5O2/c1-21-15-34(27(14-32-21)16-35-22(2)18-38-19-23(35)3)17-29(37)36-20-31(5,6)30-28(36)12-26(13-33-30)24(4)25-10-8-7-9-11-25/h7-13,21-24,27,32H,14-20H2,1-6H3/t21-,22-,23-,24?,27-/m1/s1. The topological polar surface area (TPSA) is 60.9 Å². The Morgan fingerprint density at radius 1 is 1.13 bits per heavy atom. The van der Waals surface area contributed by atoms with Crippen LogP contribution in [0.1, 0.15) is 64.3 Å². The van der Waals surface area contributed by atoms with Crippen molar-refractivity contribution >= 4 is 11.6 Å². The number of carbonyl (C=O) groups is 1. The molecular weight excluding hydrogens is 474 g/mol. The molecule has 1 aromatic heterocycles. The van der Waals surface area contributed by atoms with Crippen molar-refractivity contribution in [1.82, 2.24) is 20.1 Å². The van der Waals surface area contributed by atoms with E-state index in [0.717, 1.165) is 49.8 Å². The maximum absolute atomic E-state index is 14.0. The normalized spacial score (nSPS) is 28.7. The quantitative estimate of drug-likeness (QED) is 0.629. The Balaban J connectivity index is 1.36. The molecule has 2 aromatic rings. The molecule has 0 radical (unpaired) electrons. The van der Waals surface area contributed by atoms with Crippen LogP contribution in [0, 0.1) is 0 Å². The second kappa shape index (κ2) is 11.0. The second-order valence-electron chi connectivity index (χ2n) is 12.5. The van der Waals surface area contributed by atoms with Crippen LogP contribution in [0.2, 0.25) is 0 Å². The van der Waals surface area contributed by atoms with Gasteiger partial charge in [0.1, 0.15) is 0 Å². The number of hydrogen-bond acceptors (Lipinski definition) is 6. The molecule has 1 aromatic carbocycles. The third-order valence-corrected chi connectivity index (χ3v) is 8.81. The van der Waals surface area contributed by atoms with E-state index in [9.17, 15) is 4.79 Å². The Kier molecular flexibility index (Phi) is 7.92. The predicted octanol–water partition coefficient (Wildman–Crippen LogP) is 3.63.